The van der Waals surface area contributed by atoms with Gasteiger partial charge in [-0.1, -0.05) is 13.3 Å². The predicted molar refractivity (Wildman–Crippen MR) is 71.6 cm³/mol. The van der Waals surface area contributed by atoms with E-state index < -0.39 is 23.4 Å². The third-order valence-electron chi connectivity index (χ3n) is 3.22. The van der Waals surface area contributed by atoms with Gasteiger partial charge in [0.25, 0.3) is 0 Å². The Morgan fingerprint density at radius 2 is 1.85 bits per heavy atom. The van der Waals surface area contributed by atoms with Gasteiger partial charge in [-0.05, 0) is 25.3 Å². The van der Waals surface area contributed by atoms with Crippen molar-refractivity contribution < 1.29 is 18.0 Å². The SMILES string of the molecule is CCC(CCN)CCC(=O)Nc1cc(F)c(F)cc1F. The molecule has 0 saturated heterocycles. The van der Waals surface area contributed by atoms with Gasteiger partial charge in [0, 0.05) is 18.6 Å². The van der Waals surface area contributed by atoms with Crippen LogP contribution in [0.2, 0.25) is 0 Å². The van der Waals surface area contributed by atoms with E-state index in [4.69, 9.17) is 5.73 Å². The second kappa shape index (κ2) is 7.89. The van der Waals surface area contributed by atoms with Crippen LogP contribution in [0.5, 0.6) is 0 Å². The third-order valence-corrected chi connectivity index (χ3v) is 3.22. The average molecular weight is 288 g/mol. The minimum absolute atomic E-state index is 0.191. The predicted octanol–water partition coefficient (Wildman–Crippen LogP) is 3.20. The number of amides is 1. The number of rotatable bonds is 7. The maximum absolute atomic E-state index is 13.3. The molecule has 1 aromatic carbocycles. The zero-order valence-electron chi connectivity index (χ0n) is 11.4. The quantitative estimate of drug-likeness (QED) is 0.757. The van der Waals surface area contributed by atoms with Crippen LogP contribution in [0.3, 0.4) is 0 Å². The molecule has 0 aliphatic carbocycles. The lowest BCUT2D eigenvalue weighted by molar-refractivity contribution is -0.116. The first kappa shape index (κ1) is 16.5. The number of hydrogen-bond donors (Lipinski definition) is 2. The van der Waals surface area contributed by atoms with Gasteiger partial charge in [0.1, 0.15) is 5.82 Å². The summed E-state index contributed by atoms with van der Waals surface area (Å²) in [6.45, 7) is 2.56. The molecule has 0 bridgehead atoms. The molecule has 6 heteroatoms. The van der Waals surface area contributed by atoms with Crippen LogP contribution in [-0.4, -0.2) is 12.5 Å². The fourth-order valence-corrected chi connectivity index (χ4v) is 1.95. The Balaban J connectivity index is 2.56. The maximum atomic E-state index is 13.3. The molecule has 112 valence electrons. The molecular weight excluding hydrogens is 269 g/mol. The third kappa shape index (κ3) is 4.85. The van der Waals surface area contributed by atoms with Gasteiger partial charge in [-0.3, -0.25) is 4.79 Å². The Hall–Kier alpha value is -1.56. The molecule has 20 heavy (non-hydrogen) atoms. The second-order valence-corrected chi connectivity index (χ2v) is 4.68. The molecule has 1 atom stereocenters. The molecule has 0 aliphatic rings. The van der Waals surface area contributed by atoms with Crippen molar-refractivity contribution in [1.29, 1.82) is 0 Å². The van der Waals surface area contributed by atoms with Gasteiger partial charge in [-0.25, -0.2) is 13.2 Å². The lowest BCUT2D eigenvalue weighted by Crippen LogP contribution is -2.16. The first-order valence-electron chi connectivity index (χ1n) is 6.62. The summed E-state index contributed by atoms with van der Waals surface area (Å²) < 4.78 is 39.1. The van der Waals surface area contributed by atoms with Crippen molar-refractivity contribution in [3.05, 3.63) is 29.6 Å². The van der Waals surface area contributed by atoms with E-state index in [2.05, 4.69) is 5.32 Å². The molecule has 0 aromatic heterocycles. The maximum Gasteiger partial charge on any atom is 0.224 e. The van der Waals surface area contributed by atoms with Crippen molar-refractivity contribution in [2.75, 3.05) is 11.9 Å². The molecule has 1 aromatic rings. The number of carbonyl (C=O) groups excluding carboxylic acids is 1. The molecule has 3 nitrogen and oxygen atoms in total. The van der Waals surface area contributed by atoms with Crippen LogP contribution in [0.25, 0.3) is 0 Å². The Bertz CT molecular complexity index is 466. The van der Waals surface area contributed by atoms with Crippen LogP contribution in [0, 0.1) is 23.4 Å². The van der Waals surface area contributed by atoms with Crippen molar-refractivity contribution in [2.45, 2.75) is 32.6 Å². The lowest BCUT2D eigenvalue weighted by Gasteiger charge is -2.13. The summed E-state index contributed by atoms with van der Waals surface area (Å²) in [5.74, 6) is -3.57. The Kier molecular flexibility index (Phi) is 6.51. The van der Waals surface area contributed by atoms with Gasteiger partial charge in [-0.15, -0.1) is 0 Å². The molecule has 1 amide bonds. The monoisotopic (exact) mass is 288 g/mol. The van der Waals surface area contributed by atoms with Crippen LogP contribution >= 0.6 is 0 Å². The molecular formula is C14H19F3N2O. The molecule has 1 unspecified atom stereocenters. The largest absolute Gasteiger partial charge is 0.330 e. The van der Waals surface area contributed by atoms with E-state index in [1.54, 1.807) is 0 Å². The highest BCUT2D eigenvalue weighted by Crippen LogP contribution is 2.20. The normalized spacial score (nSPS) is 12.2. The summed E-state index contributed by atoms with van der Waals surface area (Å²) in [7, 11) is 0. The van der Waals surface area contributed by atoms with Gasteiger partial charge in [0.2, 0.25) is 5.91 Å². The topological polar surface area (TPSA) is 55.1 Å². The zero-order chi connectivity index (χ0) is 15.1. The summed E-state index contributed by atoms with van der Waals surface area (Å²) in [6.07, 6.45) is 2.55. The number of benzene rings is 1. The van der Waals surface area contributed by atoms with E-state index in [0.717, 1.165) is 12.8 Å². The second-order valence-electron chi connectivity index (χ2n) is 4.68. The van der Waals surface area contributed by atoms with Gasteiger partial charge in [-0.2, -0.15) is 0 Å². The molecule has 0 radical (unpaired) electrons. The fourth-order valence-electron chi connectivity index (χ4n) is 1.95. The Labute approximate surface area is 116 Å². The average Bonchev–Trinajstić information content (AvgIpc) is 2.40. The molecule has 0 heterocycles. The van der Waals surface area contributed by atoms with E-state index >= 15 is 0 Å². The molecule has 0 spiro atoms. The molecule has 0 aliphatic heterocycles. The van der Waals surface area contributed by atoms with E-state index in [0.29, 0.717) is 31.0 Å². The van der Waals surface area contributed by atoms with Crippen molar-refractivity contribution in [3.63, 3.8) is 0 Å². The van der Waals surface area contributed by atoms with Crippen molar-refractivity contribution in [3.8, 4) is 0 Å². The summed E-state index contributed by atoms with van der Waals surface area (Å²) in [4.78, 5) is 11.7. The Morgan fingerprint density at radius 3 is 2.45 bits per heavy atom. The first-order chi connectivity index (χ1) is 9.47. The fraction of sp³-hybridized carbons (Fsp3) is 0.500. The van der Waals surface area contributed by atoms with Gasteiger partial charge < -0.3 is 11.1 Å². The summed E-state index contributed by atoms with van der Waals surface area (Å²) in [5.41, 5.74) is 5.11. The number of carbonyl (C=O) groups is 1. The van der Waals surface area contributed by atoms with Crippen LogP contribution in [0.4, 0.5) is 18.9 Å². The Morgan fingerprint density at radius 1 is 1.20 bits per heavy atom. The van der Waals surface area contributed by atoms with E-state index in [1.165, 1.54) is 0 Å². The first-order valence-corrected chi connectivity index (χ1v) is 6.62. The molecule has 3 N–H and O–H groups in total. The van der Waals surface area contributed by atoms with E-state index in [1.807, 2.05) is 6.92 Å². The number of halogens is 3. The highest BCUT2D eigenvalue weighted by molar-refractivity contribution is 5.90. The van der Waals surface area contributed by atoms with Crippen LogP contribution in [0.15, 0.2) is 12.1 Å². The summed E-state index contributed by atoms with van der Waals surface area (Å²) in [6, 6.07) is 1.05. The molecule has 0 saturated carbocycles. The number of hydrogen-bond acceptors (Lipinski definition) is 2. The standard InChI is InChI=1S/C14H19F3N2O/c1-2-9(5-6-18)3-4-14(20)19-13-8-11(16)10(15)7-12(13)17/h7-9H,2-6,18H2,1H3,(H,19,20). The highest BCUT2D eigenvalue weighted by atomic mass is 19.2. The van der Waals surface area contributed by atoms with E-state index in [-0.39, 0.29) is 12.1 Å². The van der Waals surface area contributed by atoms with Crippen molar-refractivity contribution in [2.24, 2.45) is 11.7 Å². The van der Waals surface area contributed by atoms with Gasteiger partial charge in [0.05, 0.1) is 5.69 Å². The molecule has 1 rings (SSSR count). The molecule has 0 fully saturated rings. The lowest BCUT2D eigenvalue weighted by atomic mass is 9.96. The zero-order valence-corrected chi connectivity index (χ0v) is 11.4. The number of anilines is 1. The van der Waals surface area contributed by atoms with Gasteiger partial charge >= 0.3 is 0 Å². The van der Waals surface area contributed by atoms with Crippen LogP contribution in [0.1, 0.15) is 32.6 Å². The number of nitrogens with two attached hydrogens (primary N) is 1. The number of nitrogens with one attached hydrogen (secondary N) is 1. The van der Waals surface area contributed by atoms with E-state index in [9.17, 15) is 18.0 Å². The minimum atomic E-state index is -1.28. The van der Waals surface area contributed by atoms with Crippen molar-refractivity contribution >= 4 is 11.6 Å². The smallest absolute Gasteiger partial charge is 0.224 e. The summed E-state index contributed by atoms with van der Waals surface area (Å²) in [5, 5.41) is 2.25. The van der Waals surface area contributed by atoms with Crippen molar-refractivity contribution in [1.82, 2.24) is 0 Å². The highest BCUT2D eigenvalue weighted by Gasteiger charge is 2.13. The van der Waals surface area contributed by atoms with Crippen LogP contribution < -0.4 is 11.1 Å². The van der Waals surface area contributed by atoms with Gasteiger partial charge in [0.15, 0.2) is 11.6 Å². The van der Waals surface area contributed by atoms with Crippen LogP contribution in [-0.2, 0) is 4.79 Å². The summed E-state index contributed by atoms with van der Waals surface area (Å²) >= 11 is 0. The minimum Gasteiger partial charge on any atom is -0.330 e.